The Kier molecular flexibility index (Phi) is 7.71. The maximum Gasteiger partial charge on any atom is 0.263 e. The normalized spacial score (nSPS) is 12.0. The van der Waals surface area contributed by atoms with Crippen molar-refractivity contribution < 1.29 is 9.59 Å². The predicted molar refractivity (Wildman–Crippen MR) is 136 cm³/mol. The summed E-state index contributed by atoms with van der Waals surface area (Å²) in [6, 6.07) is 9.61. The number of H-pyrrole nitrogens is 1. The number of carbonyl (C=O) groups is 2. The van der Waals surface area contributed by atoms with Crippen LogP contribution in [0.4, 0.5) is 0 Å². The van der Waals surface area contributed by atoms with Crippen molar-refractivity contribution in [2.75, 3.05) is 6.54 Å². The van der Waals surface area contributed by atoms with Crippen molar-refractivity contribution in [2.45, 2.75) is 38.0 Å². The Morgan fingerprint density at radius 3 is 2.80 bits per heavy atom. The largest absolute Gasteiger partial charge is 0.370 e. The molecule has 3 heterocycles. The molecule has 0 aliphatic carbocycles. The fourth-order valence-corrected chi connectivity index (χ4v) is 4.67. The molecule has 35 heavy (non-hydrogen) atoms. The van der Waals surface area contributed by atoms with E-state index < -0.39 is 0 Å². The average Bonchev–Trinajstić information content (AvgIpc) is 3.55. The summed E-state index contributed by atoms with van der Waals surface area (Å²) in [5.41, 5.74) is 8.78. The van der Waals surface area contributed by atoms with E-state index in [-0.39, 0.29) is 23.3 Å². The zero-order valence-electron chi connectivity index (χ0n) is 19.5. The Bertz CT molecular complexity index is 1380. The summed E-state index contributed by atoms with van der Waals surface area (Å²) in [4.78, 5) is 48.9. The molecule has 0 fully saturated rings. The molecule has 0 bridgehead atoms. The number of para-hydroxylation sites is 1. The molecule has 10 heteroatoms. The number of nitrogens with one attached hydrogen (secondary N) is 2. The molecule has 3 aromatic heterocycles. The summed E-state index contributed by atoms with van der Waals surface area (Å²) in [6.07, 6.45) is 6.76. The van der Waals surface area contributed by atoms with Gasteiger partial charge in [0.15, 0.2) is 0 Å². The van der Waals surface area contributed by atoms with Crippen LogP contribution in [-0.4, -0.2) is 37.9 Å². The van der Waals surface area contributed by atoms with Crippen LogP contribution < -0.4 is 16.6 Å². The SMILES string of the molecule is Cn1c(=O)c(-c2cnc(C(CCCCCC(N)=O)CNC(=O)c3cncs3)[nH]2)cc2ccccc21. The number of rotatable bonds is 11. The van der Waals surface area contributed by atoms with Crippen molar-refractivity contribution in [3.05, 3.63) is 69.3 Å². The smallest absolute Gasteiger partial charge is 0.263 e. The Balaban J connectivity index is 1.54. The van der Waals surface area contributed by atoms with E-state index in [2.05, 4.69) is 20.3 Å². The van der Waals surface area contributed by atoms with Gasteiger partial charge in [-0.3, -0.25) is 19.4 Å². The summed E-state index contributed by atoms with van der Waals surface area (Å²) < 4.78 is 1.64. The Hall–Kier alpha value is -3.79. The van der Waals surface area contributed by atoms with Gasteiger partial charge < -0.3 is 20.6 Å². The van der Waals surface area contributed by atoms with Crippen LogP contribution >= 0.6 is 11.3 Å². The first-order chi connectivity index (χ1) is 16.9. The van der Waals surface area contributed by atoms with E-state index in [1.807, 2.05) is 30.3 Å². The fraction of sp³-hybridized carbons (Fsp3) is 0.320. The van der Waals surface area contributed by atoms with Crippen LogP contribution in [0.5, 0.6) is 0 Å². The van der Waals surface area contributed by atoms with Gasteiger partial charge in [0, 0.05) is 25.9 Å². The van der Waals surface area contributed by atoms with Gasteiger partial charge in [0.1, 0.15) is 10.7 Å². The van der Waals surface area contributed by atoms with Crippen molar-refractivity contribution in [2.24, 2.45) is 12.8 Å². The van der Waals surface area contributed by atoms with E-state index in [0.717, 1.165) is 36.6 Å². The molecule has 4 N–H and O–H groups in total. The summed E-state index contributed by atoms with van der Waals surface area (Å²) >= 11 is 1.28. The van der Waals surface area contributed by atoms with Crippen molar-refractivity contribution in [3.63, 3.8) is 0 Å². The van der Waals surface area contributed by atoms with E-state index in [1.54, 1.807) is 29.5 Å². The van der Waals surface area contributed by atoms with E-state index in [0.29, 0.717) is 34.9 Å². The number of aromatic nitrogens is 4. The molecule has 0 radical (unpaired) electrons. The van der Waals surface area contributed by atoms with Gasteiger partial charge in [-0.25, -0.2) is 4.98 Å². The van der Waals surface area contributed by atoms with Crippen molar-refractivity contribution in [1.82, 2.24) is 24.8 Å². The molecule has 4 aromatic rings. The van der Waals surface area contributed by atoms with Gasteiger partial charge in [-0.2, -0.15) is 0 Å². The highest BCUT2D eigenvalue weighted by Crippen LogP contribution is 2.24. The molecule has 1 aromatic carbocycles. The van der Waals surface area contributed by atoms with Gasteiger partial charge in [0.2, 0.25) is 5.91 Å². The summed E-state index contributed by atoms with van der Waals surface area (Å²) in [7, 11) is 1.76. The molecule has 0 aliphatic rings. The van der Waals surface area contributed by atoms with Gasteiger partial charge in [-0.05, 0) is 30.4 Å². The summed E-state index contributed by atoms with van der Waals surface area (Å²) in [5, 5.41) is 3.93. The molecule has 4 rings (SSSR count). The topological polar surface area (TPSA) is 136 Å². The molecular weight excluding hydrogens is 464 g/mol. The first kappa shape index (κ1) is 24.3. The number of hydrogen-bond donors (Lipinski definition) is 3. The average molecular weight is 493 g/mol. The monoisotopic (exact) mass is 492 g/mol. The third-order valence-electron chi connectivity index (χ3n) is 6.05. The number of amides is 2. The van der Waals surface area contributed by atoms with Gasteiger partial charge in [-0.15, -0.1) is 11.3 Å². The fourth-order valence-electron chi connectivity index (χ4n) is 4.13. The summed E-state index contributed by atoms with van der Waals surface area (Å²) in [6.45, 7) is 0.384. The minimum atomic E-state index is -0.300. The first-order valence-electron chi connectivity index (χ1n) is 11.5. The second kappa shape index (κ2) is 11.1. The lowest BCUT2D eigenvalue weighted by Gasteiger charge is -2.15. The number of fused-ring (bicyclic) bond motifs is 1. The molecule has 2 amide bonds. The molecular formula is C25H28N6O3S. The standard InChI is InChI=1S/C25H28N6O3S/c1-31-20-9-6-5-7-16(20)11-18(25(31)34)19-13-28-23(30-19)17(8-3-2-4-10-22(26)32)12-29-24(33)21-14-27-15-35-21/h5-7,9,11,13-15,17H,2-4,8,10,12H2,1H3,(H2,26,32)(H,28,30)(H,29,33). The van der Waals surface area contributed by atoms with E-state index in [1.165, 1.54) is 11.3 Å². The van der Waals surface area contributed by atoms with Gasteiger partial charge in [0.25, 0.3) is 11.5 Å². The first-order valence-corrected chi connectivity index (χ1v) is 12.4. The van der Waals surface area contributed by atoms with E-state index >= 15 is 0 Å². The van der Waals surface area contributed by atoms with Crippen molar-refractivity contribution >= 4 is 34.1 Å². The number of unbranched alkanes of at least 4 members (excludes halogenated alkanes) is 2. The zero-order chi connectivity index (χ0) is 24.8. The zero-order valence-corrected chi connectivity index (χ0v) is 20.3. The van der Waals surface area contributed by atoms with Crippen LogP contribution in [-0.2, 0) is 11.8 Å². The second-order valence-electron chi connectivity index (χ2n) is 8.50. The third-order valence-corrected chi connectivity index (χ3v) is 6.82. The number of hydrogen-bond acceptors (Lipinski definition) is 6. The van der Waals surface area contributed by atoms with Crippen molar-refractivity contribution in [1.29, 1.82) is 0 Å². The van der Waals surface area contributed by atoms with Crippen LogP contribution in [0.15, 0.2) is 53.0 Å². The molecule has 0 spiro atoms. The highest BCUT2D eigenvalue weighted by atomic mass is 32.1. The number of carbonyl (C=O) groups excluding carboxylic acids is 2. The molecule has 1 unspecified atom stereocenters. The lowest BCUT2D eigenvalue weighted by atomic mass is 9.99. The lowest BCUT2D eigenvalue weighted by Crippen LogP contribution is -2.28. The number of nitrogens with two attached hydrogens (primary N) is 1. The predicted octanol–water partition coefficient (Wildman–Crippen LogP) is 3.33. The second-order valence-corrected chi connectivity index (χ2v) is 9.39. The Morgan fingerprint density at radius 2 is 2.03 bits per heavy atom. The van der Waals surface area contributed by atoms with Crippen LogP contribution in [0.2, 0.25) is 0 Å². The Morgan fingerprint density at radius 1 is 1.20 bits per heavy atom. The molecule has 1 atom stereocenters. The number of thiazole rings is 1. The quantitative estimate of drug-likeness (QED) is 0.276. The third kappa shape index (κ3) is 5.83. The van der Waals surface area contributed by atoms with Crippen LogP contribution in [0.25, 0.3) is 22.2 Å². The number of primary amides is 1. The number of imidazole rings is 1. The molecule has 0 aliphatic heterocycles. The highest BCUT2D eigenvalue weighted by molar-refractivity contribution is 7.11. The maximum atomic E-state index is 13.0. The van der Waals surface area contributed by atoms with Gasteiger partial charge >= 0.3 is 0 Å². The molecule has 0 saturated heterocycles. The number of aromatic amines is 1. The highest BCUT2D eigenvalue weighted by Gasteiger charge is 2.19. The number of pyridine rings is 1. The number of nitrogens with zero attached hydrogens (tertiary/aromatic N) is 3. The van der Waals surface area contributed by atoms with E-state index in [9.17, 15) is 14.4 Å². The van der Waals surface area contributed by atoms with Gasteiger partial charge in [0.05, 0.1) is 34.7 Å². The number of aryl methyl sites for hydroxylation is 1. The minimum Gasteiger partial charge on any atom is -0.370 e. The minimum absolute atomic E-state index is 0.0847. The Labute approximate surface area is 206 Å². The van der Waals surface area contributed by atoms with Crippen molar-refractivity contribution in [3.8, 4) is 11.3 Å². The van der Waals surface area contributed by atoms with Gasteiger partial charge in [-0.1, -0.05) is 31.0 Å². The summed E-state index contributed by atoms with van der Waals surface area (Å²) in [5.74, 6) is 0.139. The molecule has 182 valence electrons. The van der Waals surface area contributed by atoms with Crippen LogP contribution in [0.3, 0.4) is 0 Å². The lowest BCUT2D eigenvalue weighted by molar-refractivity contribution is -0.118. The molecule has 9 nitrogen and oxygen atoms in total. The molecule has 0 saturated carbocycles. The number of benzene rings is 1. The van der Waals surface area contributed by atoms with E-state index in [4.69, 9.17) is 5.73 Å². The maximum absolute atomic E-state index is 13.0. The van der Waals surface area contributed by atoms with Crippen LogP contribution in [0, 0.1) is 0 Å². The van der Waals surface area contributed by atoms with Crippen LogP contribution in [0.1, 0.15) is 53.5 Å².